The molecule has 1 N–H and O–H groups in total. The molecule has 1 aromatic carbocycles. The van der Waals surface area contributed by atoms with E-state index in [4.69, 9.17) is 9.47 Å². The molecule has 0 bridgehead atoms. The van der Waals surface area contributed by atoms with Crippen molar-refractivity contribution in [2.45, 2.75) is 19.5 Å². The van der Waals surface area contributed by atoms with Crippen LogP contribution < -0.4 is 14.8 Å². The Hall–Kier alpha value is -2.05. The fourth-order valence-electron chi connectivity index (χ4n) is 2.55. The first-order valence-corrected chi connectivity index (χ1v) is 8.39. The molecule has 6 heteroatoms. The molecule has 0 saturated carbocycles. The summed E-state index contributed by atoms with van der Waals surface area (Å²) in [6.45, 7) is 3.31. The monoisotopic (exact) mass is 332 g/mol. The molecule has 122 valence electrons. The number of nitrogens with one attached hydrogen (secondary N) is 1. The van der Waals surface area contributed by atoms with Gasteiger partial charge >= 0.3 is 0 Å². The van der Waals surface area contributed by atoms with E-state index in [0.717, 1.165) is 21.9 Å². The number of fused-ring (bicyclic) bond motifs is 1. The summed E-state index contributed by atoms with van der Waals surface area (Å²) in [6.07, 6.45) is 0. The lowest BCUT2D eigenvalue weighted by molar-refractivity contribution is -0.122. The molecule has 1 amide bonds. The average Bonchev–Trinajstić information content (AvgIpc) is 3.17. The van der Waals surface area contributed by atoms with E-state index in [-0.39, 0.29) is 18.7 Å². The number of hydrogen-bond acceptors (Lipinski definition) is 5. The zero-order valence-corrected chi connectivity index (χ0v) is 14.1. The second kappa shape index (κ2) is 7.02. The van der Waals surface area contributed by atoms with E-state index >= 15 is 0 Å². The Labute approximate surface area is 139 Å². The number of nitrogens with zero attached hydrogens (tertiary/aromatic N) is 1. The number of hydrogen-bond donors (Lipinski definition) is 1. The van der Waals surface area contributed by atoms with Crippen LogP contribution in [0, 0.1) is 0 Å². The first-order valence-electron chi connectivity index (χ1n) is 7.51. The molecule has 2 heterocycles. The summed E-state index contributed by atoms with van der Waals surface area (Å²) in [5.41, 5.74) is 1.09. The third kappa shape index (κ3) is 4.03. The molecule has 0 saturated heterocycles. The third-order valence-electron chi connectivity index (χ3n) is 3.65. The van der Waals surface area contributed by atoms with Gasteiger partial charge in [-0.3, -0.25) is 9.69 Å². The highest BCUT2D eigenvalue weighted by atomic mass is 32.1. The lowest BCUT2D eigenvalue weighted by Crippen LogP contribution is -2.36. The average molecular weight is 332 g/mol. The Morgan fingerprint density at radius 2 is 2.17 bits per heavy atom. The van der Waals surface area contributed by atoms with E-state index in [1.54, 1.807) is 11.3 Å². The van der Waals surface area contributed by atoms with E-state index in [9.17, 15) is 4.79 Å². The highest BCUT2D eigenvalue weighted by molar-refractivity contribution is 7.10. The number of benzene rings is 1. The van der Waals surface area contributed by atoms with Gasteiger partial charge in [0.1, 0.15) is 0 Å². The maximum Gasteiger partial charge on any atom is 0.234 e. The summed E-state index contributed by atoms with van der Waals surface area (Å²) in [5, 5.41) is 5.04. The highest BCUT2D eigenvalue weighted by Crippen LogP contribution is 2.32. The number of thiophene rings is 1. The van der Waals surface area contributed by atoms with Crippen LogP contribution in [0.1, 0.15) is 23.4 Å². The number of carbonyl (C=O) groups excluding carboxylic acids is 1. The Balaban J connectivity index is 1.50. The fraction of sp³-hybridized carbons (Fsp3) is 0.353. The summed E-state index contributed by atoms with van der Waals surface area (Å²) in [5.74, 6) is 1.57. The van der Waals surface area contributed by atoms with Crippen LogP contribution in [0.5, 0.6) is 11.5 Å². The van der Waals surface area contributed by atoms with Gasteiger partial charge in [-0.1, -0.05) is 12.1 Å². The van der Waals surface area contributed by atoms with Gasteiger partial charge in [0.2, 0.25) is 12.7 Å². The molecule has 1 atom stereocenters. The van der Waals surface area contributed by atoms with Crippen molar-refractivity contribution in [2.24, 2.45) is 0 Å². The van der Waals surface area contributed by atoms with Crippen LogP contribution in [0.2, 0.25) is 0 Å². The van der Waals surface area contributed by atoms with Gasteiger partial charge in [0.25, 0.3) is 0 Å². The smallest absolute Gasteiger partial charge is 0.234 e. The molecular weight excluding hydrogens is 312 g/mol. The SMILES string of the molecule is CC(NC(=O)CN(C)Cc1ccc2c(c1)OCO2)c1cccs1. The molecule has 3 rings (SSSR count). The fourth-order valence-corrected chi connectivity index (χ4v) is 3.28. The summed E-state index contributed by atoms with van der Waals surface area (Å²) in [4.78, 5) is 15.3. The van der Waals surface area contributed by atoms with Crippen molar-refractivity contribution in [2.75, 3.05) is 20.4 Å². The van der Waals surface area contributed by atoms with Crippen molar-refractivity contribution in [3.8, 4) is 11.5 Å². The van der Waals surface area contributed by atoms with Gasteiger partial charge in [-0.05, 0) is 43.1 Å². The van der Waals surface area contributed by atoms with Gasteiger partial charge in [-0.25, -0.2) is 0 Å². The Bertz CT molecular complexity index is 672. The van der Waals surface area contributed by atoms with Gasteiger partial charge in [0, 0.05) is 11.4 Å². The first kappa shape index (κ1) is 15.8. The summed E-state index contributed by atoms with van der Waals surface area (Å²) in [6, 6.07) is 9.94. The first-order chi connectivity index (χ1) is 11.1. The molecule has 1 unspecified atom stereocenters. The number of amides is 1. The summed E-state index contributed by atoms with van der Waals surface area (Å²) >= 11 is 1.65. The zero-order valence-electron chi connectivity index (χ0n) is 13.2. The van der Waals surface area contributed by atoms with E-state index in [0.29, 0.717) is 13.1 Å². The maximum atomic E-state index is 12.1. The van der Waals surface area contributed by atoms with Gasteiger partial charge in [-0.15, -0.1) is 11.3 Å². The van der Waals surface area contributed by atoms with Crippen molar-refractivity contribution in [3.05, 3.63) is 46.2 Å². The molecule has 0 spiro atoms. The molecule has 0 fully saturated rings. The predicted molar refractivity (Wildman–Crippen MR) is 89.8 cm³/mol. The molecule has 1 aliphatic rings. The van der Waals surface area contributed by atoms with E-state index < -0.39 is 0 Å². The van der Waals surface area contributed by atoms with Gasteiger partial charge < -0.3 is 14.8 Å². The molecule has 23 heavy (non-hydrogen) atoms. The van der Waals surface area contributed by atoms with Crippen LogP contribution in [-0.4, -0.2) is 31.2 Å². The number of rotatable bonds is 6. The summed E-state index contributed by atoms with van der Waals surface area (Å²) in [7, 11) is 1.93. The molecule has 1 aliphatic heterocycles. The Morgan fingerprint density at radius 3 is 2.96 bits per heavy atom. The van der Waals surface area contributed by atoms with Crippen LogP contribution in [0.25, 0.3) is 0 Å². The molecule has 5 nitrogen and oxygen atoms in total. The zero-order chi connectivity index (χ0) is 16.2. The van der Waals surface area contributed by atoms with Gasteiger partial charge in [0.05, 0.1) is 12.6 Å². The van der Waals surface area contributed by atoms with Crippen LogP contribution in [0.15, 0.2) is 35.7 Å². The van der Waals surface area contributed by atoms with Crippen LogP contribution in [0.4, 0.5) is 0 Å². The van der Waals surface area contributed by atoms with E-state index in [1.807, 2.05) is 54.6 Å². The topological polar surface area (TPSA) is 50.8 Å². The number of carbonyl (C=O) groups is 1. The van der Waals surface area contributed by atoms with Crippen molar-refractivity contribution >= 4 is 17.2 Å². The largest absolute Gasteiger partial charge is 0.454 e. The Kier molecular flexibility index (Phi) is 4.83. The molecule has 0 aliphatic carbocycles. The van der Waals surface area contributed by atoms with Crippen molar-refractivity contribution in [1.29, 1.82) is 0 Å². The van der Waals surface area contributed by atoms with Crippen LogP contribution >= 0.6 is 11.3 Å². The van der Waals surface area contributed by atoms with Crippen molar-refractivity contribution in [1.82, 2.24) is 10.2 Å². The van der Waals surface area contributed by atoms with Gasteiger partial charge in [0.15, 0.2) is 11.5 Å². The normalized spacial score (nSPS) is 14.0. The minimum atomic E-state index is 0.0224. The quantitative estimate of drug-likeness (QED) is 0.884. The maximum absolute atomic E-state index is 12.1. The molecule has 2 aromatic rings. The van der Waals surface area contributed by atoms with Gasteiger partial charge in [-0.2, -0.15) is 0 Å². The molecular formula is C17H20N2O3S. The van der Waals surface area contributed by atoms with E-state index in [1.165, 1.54) is 0 Å². The van der Waals surface area contributed by atoms with Crippen molar-refractivity contribution in [3.63, 3.8) is 0 Å². The predicted octanol–water partition coefficient (Wildman–Crippen LogP) is 2.79. The van der Waals surface area contributed by atoms with Crippen molar-refractivity contribution < 1.29 is 14.3 Å². The number of ether oxygens (including phenoxy) is 2. The van der Waals surface area contributed by atoms with Crippen LogP contribution in [0.3, 0.4) is 0 Å². The second-order valence-electron chi connectivity index (χ2n) is 5.66. The number of likely N-dealkylation sites (N-methyl/N-ethyl adjacent to an activating group) is 1. The highest BCUT2D eigenvalue weighted by Gasteiger charge is 2.15. The minimum absolute atomic E-state index is 0.0224. The second-order valence-corrected chi connectivity index (χ2v) is 6.64. The van der Waals surface area contributed by atoms with E-state index in [2.05, 4.69) is 5.32 Å². The molecule has 0 radical (unpaired) electrons. The standard InChI is InChI=1S/C17H20N2O3S/c1-12(16-4-3-7-23-16)18-17(20)10-19(2)9-13-5-6-14-15(8-13)22-11-21-14/h3-8,12H,9-11H2,1-2H3,(H,18,20). The third-order valence-corrected chi connectivity index (χ3v) is 4.71. The summed E-state index contributed by atoms with van der Waals surface area (Å²) < 4.78 is 10.7. The Morgan fingerprint density at radius 1 is 1.35 bits per heavy atom. The molecule has 1 aromatic heterocycles. The van der Waals surface area contributed by atoms with Crippen LogP contribution in [-0.2, 0) is 11.3 Å². The lowest BCUT2D eigenvalue weighted by Gasteiger charge is -2.18. The minimum Gasteiger partial charge on any atom is -0.454 e. The lowest BCUT2D eigenvalue weighted by atomic mass is 10.2.